The van der Waals surface area contributed by atoms with Crippen molar-refractivity contribution < 1.29 is 4.42 Å². The summed E-state index contributed by atoms with van der Waals surface area (Å²) in [5, 5.41) is 6.98. The second kappa shape index (κ2) is 15.6. The maximum atomic E-state index is 6.44. The molecule has 2 heteroatoms. The molecular weight excluding hydrogens is 673 g/mol. The number of rotatable bonds is 6. The van der Waals surface area contributed by atoms with E-state index < -0.39 is 0 Å². The third-order valence-electron chi connectivity index (χ3n) is 10.6. The van der Waals surface area contributed by atoms with E-state index in [0.717, 1.165) is 91.8 Å². The monoisotopic (exact) mass is 716 g/mol. The number of thiol groups is 1. The van der Waals surface area contributed by atoms with Gasteiger partial charge in [-0.2, -0.15) is 0 Å². The lowest BCUT2D eigenvalue weighted by Gasteiger charge is -2.16. The summed E-state index contributed by atoms with van der Waals surface area (Å²) in [6.45, 7) is 10.9. The molecule has 2 aliphatic rings. The fraction of sp³-hybridized carbons (Fsp3) is 0.115. The minimum Gasteiger partial charge on any atom is -0.456 e. The molecule has 0 amide bonds. The highest BCUT2D eigenvalue weighted by molar-refractivity contribution is 7.80. The number of hydrogen-bond acceptors (Lipinski definition) is 2. The van der Waals surface area contributed by atoms with Gasteiger partial charge in [0.25, 0.3) is 0 Å². The molecule has 1 aromatic heterocycles. The lowest BCUT2D eigenvalue weighted by Crippen LogP contribution is -2.19. The highest BCUT2D eigenvalue weighted by atomic mass is 32.1. The summed E-state index contributed by atoms with van der Waals surface area (Å²) in [7, 11) is 0. The largest absolute Gasteiger partial charge is 0.456 e. The van der Waals surface area contributed by atoms with Gasteiger partial charge in [0, 0.05) is 15.5 Å². The Morgan fingerprint density at radius 3 is 2.33 bits per heavy atom. The van der Waals surface area contributed by atoms with Crippen LogP contribution in [0.1, 0.15) is 50.2 Å². The van der Waals surface area contributed by atoms with E-state index in [9.17, 15) is 0 Å². The maximum absolute atomic E-state index is 6.44. The molecule has 1 nitrogen and oxygen atoms in total. The average molecular weight is 717 g/mol. The summed E-state index contributed by atoms with van der Waals surface area (Å²) >= 11 is 4.86. The Morgan fingerprint density at radius 2 is 1.52 bits per heavy atom. The van der Waals surface area contributed by atoms with Gasteiger partial charge in [-0.05, 0) is 141 Å². The van der Waals surface area contributed by atoms with Crippen molar-refractivity contribution in [3.05, 3.63) is 197 Å². The third-order valence-corrected chi connectivity index (χ3v) is 11.0. The second-order valence-electron chi connectivity index (χ2n) is 14.1. The molecule has 0 N–H and O–H groups in total. The average Bonchev–Trinajstić information content (AvgIpc) is 3.54. The van der Waals surface area contributed by atoms with Crippen LogP contribution in [0.2, 0.25) is 0 Å². The van der Waals surface area contributed by atoms with E-state index in [-0.39, 0.29) is 0 Å². The summed E-state index contributed by atoms with van der Waals surface area (Å²) in [6, 6.07) is 41.0. The first-order valence-electron chi connectivity index (χ1n) is 18.9. The van der Waals surface area contributed by atoms with Crippen molar-refractivity contribution in [2.75, 3.05) is 0 Å². The lowest BCUT2D eigenvalue weighted by molar-refractivity contribution is 0.575. The van der Waals surface area contributed by atoms with Crippen molar-refractivity contribution in [1.82, 2.24) is 0 Å². The normalized spacial score (nSPS) is 15.9. The Labute approximate surface area is 323 Å². The Morgan fingerprint density at radius 1 is 0.778 bits per heavy atom. The van der Waals surface area contributed by atoms with Gasteiger partial charge in [-0.15, -0.1) is 12.6 Å². The van der Waals surface area contributed by atoms with Crippen molar-refractivity contribution in [2.24, 2.45) is 0 Å². The van der Waals surface area contributed by atoms with Gasteiger partial charge in [0.05, 0.1) is 0 Å². The Balaban J connectivity index is 1.19. The first kappa shape index (κ1) is 35.2. The summed E-state index contributed by atoms with van der Waals surface area (Å²) in [5.74, 6) is 0. The zero-order valence-corrected chi connectivity index (χ0v) is 31.7. The predicted molar refractivity (Wildman–Crippen MR) is 236 cm³/mol. The Kier molecular flexibility index (Phi) is 10.2. The van der Waals surface area contributed by atoms with Crippen LogP contribution in [0.4, 0.5) is 0 Å². The van der Waals surface area contributed by atoms with Crippen LogP contribution < -0.4 is 10.6 Å². The Hall–Kier alpha value is -5.83. The number of hydrogen-bond donors (Lipinski definition) is 1. The van der Waals surface area contributed by atoms with E-state index in [2.05, 4.69) is 165 Å². The van der Waals surface area contributed by atoms with Crippen LogP contribution in [-0.4, -0.2) is 0 Å². The smallest absolute Gasteiger partial charge is 0.136 e. The van der Waals surface area contributed by atoms with Crippen LogP contribution in [0.3, 0.4) is 0 Å². The SMILES string of the molecule is C=C1C=CCC/C1=C/C(=C)c1ccccccc(C2=CC(C/C=c3\c(=C/C)oc4cc5cc(S)c(-c6ccccc6)cc5cc34)=CCC2)c2ccccc12. The molecule has 0 saturated carbocycles. The minimum atomic E-state index is 0.809. The van der Waals surface area contributed by atoms with Crippen molar-refractivity contribution in [2.45, 2.75) is 43.9 Å². The van der Waals surface area contributed by atoms with E-state index in [1.54, 1.807) is 0 Å². The van der Waals surface area contributed by atoms with Crippen LogP contribution >= 0.6 is 12.6 Å². The van der Waals surface area contributed by atoms with E-state index in [1.165, 1.54) is 38.4 Å². The molecular formula is C52H44OS. The molecule has 0 unspecified atom stereocenters. The fourth-order valence-corrected chi connectivity index (χ4v) is 8.18. The number of allylic oxidation sites excluding steroid dienone is 10. The maximum Gasteiger partial charge on any atom is 0.136 e. The summed E-state index contributed by atoms with van der Waals surface area (Å²) < 4.78 is 6.44. The van der Waals surface area contributed by atoms with E-state index in [1.807, 2.05) is 13.0 Å². The lowest BCUT2D eigenvalue weighted by atomic mass is 9.88. The minimum absolute atomic E-state index is 0.809. The van der Waals surface area contributed by atoms with Crippen LogP contribution in [0.25, 0.3) is 66.9 Å². The van der Waals surface area contributed by atoms with Crippen LogP contribution in [0.5, 0.6) is 0 Å². The molecule has 54 heavy (non-hydrogen) atoms. The van der Waals surface area contributed by atoms with Crippen LogP contribution in [-0.2, 0) is 0 Å². The molecule has 5 aromatic carbocycles. The van der Waals surface area contributed by atoms with Crippen molar-refractivity contribution in [1.29, 1.82) is 0 Å². The molecule has 8 rings (SSSR count). The number of fused-ring (bicyclic) bond motifs is 3. The van der Waals surface area contributed by atoms with Gasteiger partial charge in [0.2, 0.25) is 0 Å². The molecule has 0 atom stereocenters. The van der Waals surface area contributed by atoms with Gasteiger partial charge in [0.15, 0.2) is 0 Å². The van der Waals surface area contributed by atoms with Crippen LogP contribution in [0.15, 0.2) is 185 Å². The number of furan rings is 1. The van der Waals surface area contributed by atoms with Gasteiger partial charge in [-0.3, -0.25) is 0 Å². The number of benzene rings is 4. The first-order valence-corrected chi connectivity index (χ1v) is 19.3. The fourth-order valence-electron chi connectivity index (χ4n) is 7.84. The molecule has 0 saturated heterocycles. The van der Waals surface area contributed by atoms with Gasteiger partial charge in [-0.25, -0.2) is 0 Å². The van der Waals surface area contributed by atoms with E-state index >= 15 is 0 Å². The summed E-state index contributed by atoms with van der Waals surface area (Å²) in [5.41, 5.74) is 12.5. The highest BCUT2D eigenvalue weighted by Gasteiger charge is 2.14. The Bertz CT molecular complexity index is 2780. The topological polar surface area (TPSA) is 13.1 Å². The quantitative estimate of drug-likeness (QED) is 0.169. The summed E-state index contributed by atoms with van der Waals surface area (Å²) in [6.07, 6.45) is 20.6. The predicted octanol–water partition coefficient (Wildman–Crippen LogP) is 13.4. The first-order chi connectivity index (χ1) is 26.5. The highest BCUT2D eigenvalue weighted by Crippen LogP contribution is 2.36. The standard InChI is InChI=1S/C52H44OS/c1-4-50-47(49-32-41-31-48(38-19-8-7-9-20-38)52(54)34-42(41)33-51(49)53-50)28-27-37-18-16-22-40(30-37)44-24-11-6-5-10-23-43(45-25-14-15-26-46(44)45)36(3)29-39-21-13-12-17-35(39)2/h4-12,14-15,17-20,23-26,28-34,54H,2-3,13,16,21-22,27H2,1H3/b6-5?,10-5?,11-6?,23-10?,24-11?,39-29-,43-23?,44-24?,45-43?,46-44?,47-28-,50-4+. The molecule has 0 spiro atoms. The van der Waals surface area contributed by atoms with Crippen molar-refractivity contribution in [3.8, 4) is 11.1 Å². The zero-order chi connectivity index (χ0) is 37.0. The van der Waals surface area contributed by atoms with Gasteiger partial charge >= 0.3 is 0 Å². The van der Waals surface area contributed by atoms with Gasteiger partial charge in [0.1, 0.15) is 11.0 Å². The van der Waals surface area contributed by atoms with Crippen molar-refractivity contribution >= 4 is 68.4 Å². The summed E-state index contributed by atoms with van der Waals surface area (Å²) in [4.78, 5) is 0.957. The molecule has 264 valence electrons. The van der Waals surface area contributed by atoms with Crippen LogP contribution in [0, 0.1) is 0 Å². The molecule has 2 aliphatic carbocycles. The molecule has 0 bridgehead atoms. The van der Waals surface area contributed by atoms with E-state index in [4.69, 9.17) is 17.0 Å². The second-order valence-corrected chi connectivity index (χ2v) is 14.6. The third kappa shape index (κ3) is 7.23. The van der Waals surface area contributed by atoms with Crippen molar-refractivity contribution in [3.63, 3.8) is 0 Å². The zero-order valence-electron chi connectivity index (χ0n) is 30.8. The van der Waals surface area contributed by atoms with E-state index in [0.29, 0.717) is 0 Å². The van der Waals surface area contributed by atoms with Gasteiger partial charge in [-0.1, -0.05) is 141 Å². The molecule has 0 aliphatic heterocycles. The molecule has 6 aromatic rings. The molecule has 0 fully saturated rings. The van der Waals surface area contributed by atoms with Gasteiger partial charge < -0.3 is 4.42 Å². The molecule has 1 heterocycles. The molecule has 0 radical (unpaired) electrons.